The van der Waals surface area contributed by atoms with Crippen LogP contribution in [0.1, 0.15) is 16.2 Å². The number of aromatic nitrogens is 4. The number of thiazole rings is 1. The number of amides is 1. The molecule has 3 heterocycles. The summed E-state index contributed by atoms with van der Waals surface area (Å²) >= 11 is 1.25. The number of hydrogen-bond acceptors (Lipinski definition) is 11. The van der Waals surface area contributed by atoms with Crippen molar-refractivity contribution in [3.8, 4) is 10.6 Å². The highest BCUT2D eigenvalue weighted by Crippen LogP contribution is 2.47. The van der Waals surface area contributed by atoms with E-state index in [1.807, 2.05) is 0 Å². The first-order valence-electron chi connectivity index (χ1n) is 9.42. The zero-order valence-electron chi connectivity index (χ0n) is 18.0. The number of carbonyl (C=O) groups excluding carboxylic acids is 1. The van der Waals surface area contributed by atoms with Gasteiger partial charge in [0, 0.05) is 50.8 Å². The number of rotatable bonds is 11. The van der Waals surface area contributed by atoms with Gasteiger partial charge in [-0.2, -0.15) is 5.10 Å². The third-order valence-electron chi connectivity index (χ3n) is 4.14. The van der Waals surface area contributed by atoms with Crippen molar-refractivity contribution in [3.05, 3.63) is 65.5 Å². The Bertz CT molecular complexity index is 1190. The lowest BCUT2D eigenvalue weighted by molar-refractivity contribution is 0.0963. The van der Waals surface area contributed by atoms with Gasteiger partial charge in [0.2, 0.25) is 0 Å². The van der Waals surface area contributed by atoms with Gasteiger partial charge in [-0.05, 0) is 12.1 Å². The number of carbonyl (C=O) groups is 1. The van der Waals surface area contributed by atoms with Gasteiger partial charge in [-0.15, -0.1) is 11.3 Å². The lowest BCUT2D eigenvalue weighted by atomic mass is 10.2. The van der Waals surface area contributed by atoms with E-state index >= 15 is 0 Å². The predicted octanol–water partition coefficient (Wildman–Crippen LogP) is 2.64. The Morgan fingerprint density at radius 2 is 2.09 bits per heavy atom. The molecule has 14 heteroatoms. The molecule has 3 rings (SSSR count). The molecule has 0 radical (unpaired) electrons. The molecule has 0 aliphatic heterocycles. The second kappa shape index (κ2) is 11.1. The summed E-state index contributed by atoms with van der Waals surface area (Å²) in [5.41, 5.74) is 1.54. The monoisotopic (exact) mass is 491 g/mol. The lowest BCUT2D eigenvalue weighted by Gasteiger charge is -2.12. The summed E-state index contributed by atoms with van der Waals surface area (Å²) in [7, 11) is 0.474. The van der Waals surface area contributed by atoms with Crippen molar-refractivity contribution in [2.24, 2.45) is 0 Å². The van der Waals surface area contributed by atoms with Crippen LogP contribution in [0.3, 0.4) is 0 Å². The highest BCUT2D eigenvalue weighted by Gasteiger charge is 2.23. The van der Waals surface area contributed by atoms with Crippen LogP contribution in [0, 0.1) is 5.41 Å². The molecule has 0 spiro atoms. The van der Waals surface area contributed by atoms with Crippen LogP contribution in [0.4, 0.5) is 0 Å². The molecule has 0 bridgehead atoms. The van der Waals surface area contributed by atoms with E-state index in [0.29, 0.717) is 16.3 Å². The third kappa shape index (κ3) is 6.18. The normalized spacial score (nSPS) is 11.9. The van der Waals surface area contributed by atoms with Gasteiger partial charge in [0.25, 0.3) is 5.91 Å². The van der Waals surface area contributed by atoms with Gasteiger partial charge < -0.3 is 10.6 Å². The summed E-state index contributed by atoms with van der Waals surface area (Å²) in [5, 5.41) is 20.1. The van der Waals surface area contributed by atoms with Crippen molar-refractivity contribution in [3.63, 3.8) is 0 Å². The van der Waals surface area contributed by atoms with Crippen LogP contribution < -0.4 is 10.6 Å². The number of nitrogens with one attached hydrogen (secondary N) is 3. The fourth-order valence-electron chi connectivity index (χ4n) is 2.52. The molecule has 3 aromatic rings. The zero-order valence-corrected chi connectivity index (χ0v) is 19.7. The second-order valence-electron chi connectivity index (χ2n) is 6.27. The Kier molecular flexibility index (Phi) is 8.20. The minimum Gasteiger partial charge on any atom is -0.392 e. The second-order valence-corrected chi connectivity index (χ2v) is 9.01. The summed E-state index contributed by atoms with van der Waals surface area (Å²) in [6, 6.07) is 5.19. The maximum absolute atomic E-state index is 12.7. The first kappa shape index (κ1) is 24.4. The van der Waals surface area contributed by atoms with E-state index in [0.717, 1.165) is 0 Å². The van der Waals surface area contributed by atoms with E-state index in [2.05, 4.69) is 25.7 Å². The maximum Gasteiger partial charge on any atom is 0.476 e. The molecule has 1 amide bonds. The van der Waals surface area contributed by atoms with Crippen LogP contribution in [-0.2, 0) is 24.9 Å². The Hall–Kier alpha value is -3.22. The zero-order chi connectivity index (χ0) is 23.8. The highest BCUT2D eigenvalue weighted by molar-refractivity contribution is 7.48. The Balaban J connectivity index is 1.69. The molecule has 12 nitrogen and oxygen atoms in total. The molecule has 0 aliphatic rings. The van der Waals surface area contributed by atoms with Gasteiger partial charge in [0.1, 0.15) is 16.4 Å². The Labute approximate surface area is 193 Å². The van der Waals surface area contributed by atoms with E-state index in [9.17, 15) is 9.36 Å². The van der Waals surface area contributed by atoms with Crippen LogP contribution in [-0.4, -0.2) is 52.6 Å². The molecule has 0 unspecified atom stereocenters. The standard InChI is InChI=1S/C19H22N7O5PS/c1-21-9-15(17(20)14-6-4-5-7-22-14)24-18(27)16-11-33-19(25-16)13-8-23-26(10-13)12-31-32(28,29-2)30-3/h4-11,20-21H,12H2,1-3H3,(H,24,27)/b15-9+,20-17?. The van der Waals surface area contributed by atoms with E-state index < -0.39 is 13.7 Å². The van der Waals surface area contributed by atoms with Crippen molar-refractivity contribution < 1.29 is 22.9 Å². The minimum absolute atomic E-state index is 0.0550. The quantitative estimate of drug-likeness (QED) is 0.271. The molecule has 174 valence electrons. The summed E-state index contributed by atoms with van der Waals surface area (Å²) < 4.78 is 27.9. The number of phosphoric ester groups is 1. The average Bonchev–Trinajstić information content (AvgIpc) is 3.52. The predicted molar refractivity (Wildman–Crippen MR) is 122 cm³/mol. The largest absolute Gasteiger partial charge is 0.476 e. The molecule has 0 saturated heterocycles. The Morgan fingerprint density at radius 1 is 1.30 bits per heavy atom. The van der Waals surface area contributed by atoms with Gasteiger partial charge in [-0.3, -0.25) is 28.8 Å². The van der Waals surface area contributed by atoms with Crippen LogP contribution in [0.15, 0.2) is 54.1 Å². The maximum atomic E-state index is 12.7. The molecular weight excluding hydrogens is 469 g/mol. The fraction of sp³-hybridized carbons (Fsp3) is 0.211. The summed E-state index contributed by atoms with van der Waals surface area (Å²) in [4.78, 5) is 21.2. The van der Waals surface area contributed by atoms with Crippen molar-refractivity contribution in [2.45, 2.75) is 6.73 Å². The van der Waals surface area contributed by atoms with E-state index in [-0.39, 0.29) is 23.8 Å². The van der Waals surface area contributed by atoms with Crippen LogP contribution >= 0.6 is 19.2 Å². The molecule has 0 fully saturated rings. The molecule has 33 heavy (non-hydrogen) atoms. The van der Waals surface area contributed by atoms with Crippen molar-refractivity contribution in [2.75, 3.05) is 21.3 Å². The Morgan fingerprint density at radius 3 is 2.76 bits per heavy atom. The topological polar surface area (TPSA) is 153 Å². The van der Waals surface area contributed by atoms with Gasteiger partial charge in [0.15, 0.2) is 6.73 Å². The summed E-state index contributed by atoms with van der Waals surface area (Å²) in [6.07, 6.45) is 6.24. The number of phosphoric acid groups is 1. The third-order valence-corrected chi connectivity index (χ3v) is 6.36. The minimum atomic E-state index is -3.63. The summed E-state index contributed by atoms with van der Waals surface area (Å²) in [6.45, 7) is -0.161. The number of hydrogen-bond donors (Lipinski definition) is 3. The van der Waals surface area contributed by atoms with Crippen molar-refractivity contribution in [1.82, 2.24) is 30.4 Å². The number of pyridine rings is 1. The van der Waals surface area contributed by atoms with E-state index in [4.69, 9.17) is 19.0 Å². The molecule has 3 aromatic heterocycles. The molecular formula is C19H22N7O5PS. The van der Waals surface area contributed by atoms with Crippen LogP contribution in [0.5, 0.6) is 0 Å². The lowest BCUT2D eigenvalue weighted by Crippen LogP contribution is -2.29. The van der Waals surface area contributed by atoms with E-state index in [1.54, 1.807) is 43.0 Å². The molecule has 0 aliphatic carbocycles. The molecule has 0 saturated carbocycles. The molecule has 3 N–H and O–H groups in total. The fourth-order valence-corrected chi connectivity index (χ4v) is 3.91. The first-order chi connectivity index (χ1) is 15.9. The van der Waals surface area contributed by atoms with Crippen molar-refractivity contribution >= 4 is 30.8 Å². The smallest absolute Gasteiger partial charge is 0.392 e. The van der Waals surface area contributed by atoms with Crippen LogP contribution in [0.2, 0.25) is 0 Å². The SMILES string of the molecule is CN/C=C(/NC(=O)c1csc(-c2cnn(COP(=O)(OC)OC)c2)n1)C(=N)c1ccccn1. The number of allylic oxidation sites excluding steroid dienone is 1. The average molecular weight is 491 g/mol. The highest BCUT2D eigenvalue weighted by atomic mass is 32.1. The van der Waals surface area contributed by atoms with Crippen LogP contribution in [0.25, 0.3) is 10.6 Å². The van der Waals surface area contributed by atoms with Gasteiger partial charge >= 0.3 is 7.82 Å². The van der Waals surface area contributed by atoms with Gasteiger partial charge in [0.05, 0.1) is 17.6 Å². The van der Waals surface area contributed by atoms with Crippen molar-refractivity contribution in [1.29, 1.82) is 5.41 Å². The van der Waals surface area contributed by atoms with E-state index in [1.165, 1.54) is 42.6 Å². The van der Waals surface area contributed by atoms with Gasteiger partial charge in [-0.1, -0.05) is 6.07 Å². The molecule has 0 atom stereocenters. The number of nitrogens with zero attached hydrogens (tertiary/aromatic N) is 4. The van der Waals surface area contributed by atoms with Gasteiger partial charge in [-0.25, -0.2) is 14.2 Å². The summed E-state index contributed by atoms with van der Waals surface area (Å²) in [5.74, 6) is -0.475. The first-order valence-corrected chi connectivity index (χ1v) is 11.8. The molecule has 0 aromatic carbocycles.